The summed E-state index contributed by atoms with van der Waals surface area (Å²) in [5.74, 6) is -0.414. The molecule has 0 fully saturated rings. The Morgan fingerprint density at radius 2 is 1.78 bits per heavy atom. The van der Waals surface area contributed by atoms with Crippen LogP contribution in [-0.4, -0.2) is 27.0 Å². The van der Waals surface area contributed by atoms with E-state index in [1.165, 1.54) is 0 Å². The van der Waals surface area contributed by atoms with Crippen LogP contribution in [0.4, 0.5) is 0 Å². The number of carbonyl (C=O) groups is 1. The molecule has 1 rings (SSSR count). The lowest BCUT2D eigenvalue weighted by Crippen LogP contribution is -2.34. The molecule has 1 unspecified atom stereocenters. The predicted molar refractivity (Wildman–Crippen MR) is 90.8 cm³/mol. The SMILES string of the molecule is CCOC(=O)CC(C)NS(=O)(=O)c1ccc(C(C)(C)CC)cc1. The molecule has 0 aliphatic carbocycles. The fraction of sp³-hybridized carbons (Fsp3) is 0.588. The summed E-state index contributed by atoms with van der Waals surface area (Å²) < 4.78 is 32.0. The van der Waals surface area contributed by atoms with Gasteiger partial charge >= 0.3 is 5.97 Å². The van der Waals surface area contributed by atoms with E-state index < -0.39 is 22.0 Å². The number of ether oxygens (including phenoxy) is 1. The molecule has 0 aromatic heterocycles. The van der Waals surface area contributed by atoms with Crippen LogP contribution < -0.4 is 4.72 Å². The summed E-state index contributed by atoms with van der Waals surface area (Å²) in [6.45, 7) is 9.98. The third kappa shape index (κ3) is 5.62. The highest BCUT2D eigenvalue weighted by atomic mass is 32.2. The van der Waals surface area contributed by atoms with Crippen molar-refractivity contribution in [3.05, 3.63) is 29.8 Å². The zero-order chi connectivity index (χ0) is 17.7. The minimum absolute atomic E-state index is 0.00687. The van der Waals surface area contributed by atoms with Gasteiger partial charge in [-0.1, -0.05) is 32.9 Å². The van der Waals surface area contributed by atoms with Gasteiger partial charge < -0.3 is 4.74 Å². The first-order chi connectivity index (χ1) is 10.6. The molecule has 0 saturated heterocycles. The minimum atomic E-state index is -3.65. The molecule has 0 spiro atoms. The molecule has 0 aliphatic heterocycles. The van der Waals surface area contributed by atoms with Crippen LogP contribution in [0.1, 0.15) is 53.0 Å². The van der Waals surface area contributed by atoms with Crippen LogP contribution in [0.25, 0.3) is 0 Å². The normalized spacial score (nSPS) is 13.6. The molecule has 130 valence electrons. The Labute approximate surface area is 139 Å². The van der Waals surface area contributed by atoms with E-state index >= 15 is 0 Å². The van der Waals surface area contributed by atoms with Gasteiger partial charge in [0, 0.05) is 6.04 Å². The van der Waals surface area contributed by atoms with Crippen LogP contribution in [0.2, 0.25) is 0 Å². The van der Waals surface area contributed by atoms with Crippen LogP contribution in [0, 0.1) is 0 Å². The molecule has 5 nitrogen and oxygen atoms in total. The molecule has 0 heterocycles. The van der Waals surface area contributed by atoms with E-state index in [0.717, 1.165) is 12.0 Å². The number of carbonyl (C=O) groups excluding carboxylic acids is 1. The van der Waals surface area contributed by atoms with Crippen molar-refractivity contribution in [2.45, 2.75) is 63.8 Å². The van der Waals surface area contributed by atoms with Gasteiger partial charge in [-0.05, 0) is 43.4 Å². The summed E-state index contributed by atoms with van der Waals surface area (Å²) in [6.07, 6.45) is 0.974. The van der Waals surface area contributed by atoms with Gasteiger partial charge in [-0.2, -0.15) is 0 Å². The van der Waals surface area contributed by atoms with Gasteiger partial charge in [0.15, 0.2) is 0 Å². The summed E-state index contributed by atoms with van der Waals surface area (Å²) >= 11 is 0. The lowest BCUT2D eigenvalue weighted by atomic mass is 9.82. The molecule has 0 amide bonds. The van der Waals surface area contributed by atoms with Crippen LogP contribution in [0.3, 0.4) is 0 Å². The zero-order valence-corrected chi connectivity index (χ0v) is 15.4. The van der Waals surface area contributed by atoms with Gasteiger partial charge in [-0.15, -0.1) is 0 Å². The Balaban J connectivity index is 2.82. The number of hydrogen-bond acceptors (Lipinski definition) is 4. The Morgan fingerprint density at radius 1 is 1.22 bits per heavy atom. The van der Waals surface area contributed by atoms with E-state index in [-0.39, 0.29) is 23.3 Å². The third-order valence-electron chi connectivity index (χ3n) is 3.96. The molecular weight excluding hydrogens is 314 g/mol. The van der Waals surface area contributed by atoms with Crippen molar-refractivity contribution in [2.75, 3.05) is 6.61 Å². The molecule has 1 aromatic rings. The van der Waals surface area contributed by atoms with Crippen molar-refractivity contribution in [3.8, 4) is 0 Å². The molecule has 1 atom stereocenters. The summed E-state index contributed by atoms with van der Waals surface area (Å²) in [5.41, 5.74) is 1.10. The molecule has 23 heavy (non-hydrogen) atoms. The van der Waals surface area contributed by atoms with Gasteiger partial charge in [0.2, 0.25) is 10.0 Å². The lowest BCUT2D eigenvalue weighted by Gasteiger charge is -2.23. The Morgan fingerprint density at radius 3 is 2.26 bits per heavy atom. The van der Waals surface area contributed by atoms with Crippen molar-refractivity contribution in [1.82, 2.24) is 4.72 Å². The smallest absolute Gasteiger partial charge is 0.307 e. The number of esters is 1. The molecule has 6 heteroatoms. The largest absolute Gasteiger partial charge is 0.466 e. The maximum atomic E-state index is 12.3. The highest BCUT2D eigenvalue weighted by Gasteiger charge is 2.22. The average molecular weight is 341 g/mol. The van der Waals surface area contributed by atoms with Crippen molar-refractivity contribution in [2.24, 2.45) is 0 Å². The first kappa shape index (κ1) is 19.6. The summed E-state index contributed by atoms with van der Waals surface area (Å²) in [6, 6.07) is 6.37. The highest BCUT2D eigenvalue weighted by molar-refractivity contribution is 7.89. The predicted octanol–water partition coefficient (Wildman–Crippen LogP) is 2.99. The summed E-state index contributed by atoms with van der Waals surface area (Å²) in [7, 11) is -3.65. The van der Waals surface area contributed by atoms with Crippen molar-refractivity contribution in [3.63, 3.8) is 0 Å². The Kier molecular flexibility index (Phi) is 6.77. The van der Waals surface area contributed by atoms with E-state index in [1.807, 2.05) is 12.1 Å². The van der Waals surface area contributed by atoms with E-state index in [1.54, 1.807) is 26.0 Å². The van der Waals surface area contributed by atoms with Gasteiger partial charge in [0.1, 0.15) is 0 Å². The van der Waals surface area contributed by atoms with Crippen LogP contribution in [0.15, 0.2) is 29.2 Å². The molecule has 1 aromatic carbocycles. The molecule has 1 N–H and O–H groups in total. The monoisotopic (exact) mass is 341 g/mol. The second-order valence-electron chi connectivity index (χ2n) is 6.29. The summed E-state index contributed by atoms with van der Waals surface area (Å²) in [4.78, 5) is 11.6. The Hall–Kier alpha value is -1.40. The molecular formula is C17H27NO4S. The van der Waals surface area contributed by atoms with Gasteiger partial charge in [-0.3, -0.25) is 4.79 Å². The van der Waals surface area contributed by atoms with E-state index in [0.29, 0.717) is 0 Å². The van der Waals surface area contributed by atoms with E-state index in [2.05, 4.69) is 25.5 Å². The Bertz CT molecular complexity index is 620. The molecule has 0 radical (unpaired) electrons. The van der Waals surface area contributed by atoms with Gasteiger partial charge in [0.05, 0.1) is 17.9 Å². The van der Waals surface area contributed by atoms with Crippen molar-refractivity contribution >= 4 is 16.0 Å². The maximum Gasteiger partial charge on any atom is 0.307 e. The van der Waals surface area contributed by atoms with E-state index in [9.17, 15) is 13.2 Å². The van der Waals surface area contributed by atoms with Crippen LogP contribution >= 0.6 is 0 Å². The van der Waals surface area contributed by atoms with E-state index in [4.69, 9.17) is 4.74 Å². The second kappa shape index (κ2) is 7.93. The van der Waals surface area contributed by atoms with Crippen LogP contribution in [-0.2, 0) is 25.0 Å². The molecule has 0 saturated carbocycles. The standard InChI is InChI=1S/C17H27NO4S/c1-6-17(4,5)14-8-10-15(11-9-14)23(20,21)18-13(3)12-16(19)22-7-2/h8-11,13,18H,6-7,12H2,1-5H3. The lowest BCUT2D eigenvalue weighted by molar-refractivity contribution is -0.143. The quantitative estimate of drug-likeness (QED) is 0.738. The molecule has 0 bridgehead atoms. The number of hydrogen-bond donors (Lipinski definition) is 1. The fourth-order valence-corrected chi connectivity index (χ4v) is 3.38. The minimum Gasteiger partial charge on any atom is -0.466 e. The first-order valence-corrected chi connectivity index (χ1v) is 9.39. The highest BCUT2D eigenvalue weighted by Crippen LogP contribution is 2.27. The molecule has 0 aliphatic rings. The topological polar surface area (TPSA) is 72.5 Å². The van der Waals surface area contributed by atoms with Crippen molar-refractivity contribution < 1.29 is 17.9 Å². The third-order valence-corrected chi connectivity index (χ3v) is 5.57. The maximum absolute atomic E-state index is 12.3. The second-order valence-corrected chi connectivity index (χ2v) is 8.01. The first-order valence-electron chi connectivity index (χ1n) is 7.91. The van der Waals surface area contributed by atoms with Crippen LogP contribution in [0.5, 0.6) is 0 Å². The van der Waals surface area contributed by atoms with Gasteiger partial charge in [0.25, 0.3) is 0 Å². The number of sulfonamides is 1. The number of rotatable bonds is 8. The zero-order valence-electron chi connectivity index (χ0n) is 14.5. The van der Waals surface area contributed by atoms with Gasteiger partial charge in [-0.25, -0.2) is 13.1 Å². The number of benzene rings is 1. The average Bonchev–Trinajstić information content (AvgIpc) is 2.46. The number of nitrogens with one attached hydrogen (secondary N) is 1. The van der Waals surface area contributed by atoms with Crippen molar-refractivity contribution in [1.29, 1.82) is 0 Å². The summed E-state index contributed by atoms with van der Waals surface area (Å²) in [5, 5.41) is 0. The fourth-order valence-electron chi connectivity index (χ4n) is 2.13.